The summed E-state index contributed by atoms with van der Waals surface area (Å²) in [6.07, 6.45) is 20.1. The lowest BCUT2D eigenvalue weighted by molar-refractivity contribution is -0.137. The van der Waals surface area contributed by atoms with E-state index in [9.17, 15) is 9.90 Å². The molecule has 154 valence electrons. The van der Waals surface area contributed by atoms with Crippen LogP contribution in [0.4, 0.5) is 0 Å². The Morgan fingerprint density at radius 3 is 2.08 bits per heavy atom. The van der Waals surface area contributed by atoms with Crippen LogP contribution in [0.25, 0.3) is 0 Å². The molecule has 0 radical (unpaired) electrons. The minimum Gasteiger partial charge on any atom is -0.481 e. The first kappa shape index (κ1) is 25.2. The summed E-state index contributed by atoms with van der Waals surface area (Å²) >= 11 is 0. The highest BCUT2D eigenvalue weighted by Gasteiger charge is 2.08. The largest absolute Gasteiger partial charge is 0.481 e. The van der Waals surface area contributed by atoms with Gasteiger partial charge >= 0.3 is 5.97 Å². The summed E-state index contributed by atoms with van der Waals surface area (Å²) in [4.78, 5) is 10.4. The van der Waals surface area contributed by atoms with Crippen molar-refractivity contribution in [2.45, 2.75) is 123 Å². The van der Waals surface area contributed by atoms with Crippen molar-refractivity contribution in [2.24, 2.45) is 5.41 Å². The first-order chi connectivity index (χ1) is 12.3. The predicted molar refractivity (Wildman–Crippen MR) is 111 cm³/mol. The number of carboxylic acids is 1. The molecule has 0 aromatic heterocycles. The maximum Gasteiger partial charge on any atom is 0.303 e. The molecule has 0 fully saturated rings. The molecule has 0 amide bonds. The summed E-state index contributed by atoms with van der Waals surface area (Å²) in [6.45, 7) is 6.91. The number of unbranched alkanes of at least 4 members (excludes halogenated alkanes) is 9. The molecule has 0 aliphatic carbocycles. The third-order valence-corrected chi connectivity index (χ3v) is 4.80. The molecule has 1 atom stereocenters. The van der Waals surface area contributed by atoms with Gasteiger partial charge in [-0.05, 0) is 43.9 Å². The van der Waals surface area contributed by atoms with Crippen molar-refractivity contribution in [1.82, 2.24) is 0 Å². The Morgan fingerprint density at radius 1 is 0.846 bits per heavy atom. The number of hydrogen-bond donors (Lipinski definition) is 2. The van der Waals surface area contributed by atoms with E-state index in [0.29, 0.717) is 11.8 Å². The summed E-state index contributed by atoms with van der Waals surface area (Å²) in [5.41, 5.74) is 0.461. The van der Waals surface area contributed by atoms with Gasteiger partial charge in [0.05, 0.1) is 6.10 Å². The zero-order valence-corrected chi connectivity index (χ0v) is 17.6. The van der Waals surface area contributed by atoms with Crippen molar-refractivity contribution in [2.75, 3.05) is 0 Å². The van der Waals surface area contributed by atoms with Gasteiger partial charge in [-0.3, -0.25) is 4.79 Å². The van der Waals surface area contributed by atoms with Crippen LogP contribution in [0.1, 0.15) is 117 Å². The highest BCUT2D eigenvalue weighted by Crippen LogP contribution is 2.22. The fourth-order valence-corrected chi connectivity index (χ4v) is 3.12. The second-order valence-corrected chi connectivity index (χ2v) is 8.93. The van der Waals surface area contributed by atoms with Crippen molar-refractivity contribution in [1.29, 1.82) is 0 Å². The van der Waals surface area contributed by atoms with Crippen molar-refractivity contribution >= 4 is 5.97 Å². The van der Waals surface area contributed by atoms with Gasteiger partial charge in [0.1, 0.15) is 0 Å². The zero-order chi connectivity index (χ0) is 19.7. The van der Waals surface area contributed by atoms with Gasteiger partial charge in [-0.2, -0.15) is 0 Å². The molecule has 0 aliphatic heterocycles. The smallest absolute Gasteiger partial charge is 0.303 e. The number of carbonyl (C=O) groups is 1. The van der Waals surface area contributed by atoms with E-state index >= 15 is 0 Å². The monoisotopic (exact) mass is 368 g/mol. The average Bonchev–Trinajstić information content (AvgIpc) is 2.54. The van der Waals surface area contributed by atoms with Crippen LogP contribution in [0.2, 0.25) is 0 Å². The topological polar surface area (TPSA) is 57.5 Å². The Hall–Kier alpha value is -0.830. The highest BCUT2D eigenvalue weighted by atomic mass is 16.4. The van der Waals surface area contributed by atoms with Crippen LogP contribution in [0.5, 0.6) is 0 Å². The minimum absolute atomic E-state index is 0.183. The van der Waals surface area contributed by atoms with Crippen LogP contribution >= 0.6 is 0 Å². The van der Waals surface area contributed by atoms with Gasteiger partial charge in [0.25, 0.3) is 0 Å². The lowest BCUT2D eigenvalue weighted by atomic mass is 9.89. The molecule has 0 aromatic carbocycles. The van der Waals surface area contributed by atoms with Crippen LogP contribution in [-0.2, 0) is 4.79 Å². The molecule has 0 spiro atoms. The maximum absolute atomic E-state index is 10.4. The van der Waals surface area contributed by atoms with Gasteiger partial charge in [0.15, 0.2) is 0 Å². The second-order valence-electron chi connectivity index (χ2n) is 8.93. The van der Waals surface area contributed by atoms with Crippen molar-refractivity contribution in [3.63, 3.8) is 0 Å². The van der Waals surface area contributed by atoms with E-state index in [1.807, 2.05) is 0 Å². The summed E-state index contributed by atoms with van der Waals surface area (Å²) in [7, 11) is 0. The lowest BCUT2D eigenvalue weighted by Crippen LogP contribution is -2.05. The molecular weight excluding hydrogens is 324 g/mol. The third-order valence-electron chi connectivity index (χ3n) is 4.80. The number of allylic oxidation sites excluding steroid dienone is 1. The number of rotatable bonds is 17. The quantitative estimate of drug-likeness (QED) is 0.217. The van der Waals surface area contributed by atoms with Gasteiger partial charge in [0.2, 0.25) is 0 Å². The molecule has 0 aliphatic rings. The molecule has 0 rings (SSSR count). The summed E-state index contributed by atoms with van der Waals surface area (Å²) in [6, 6.07) is 0. The molecule has 2 N–H and O–H groups in total. The van der Waals surface area contributed by atoms with E-state index in [1.165, 1.54) is 38.5 Å². The van der Waals surface area contributed by atoms with E-state index in [4.69, 9.17) is 5.11 Å². The Morgan fingerprint density at radius 2 is 1.42 bits per heavy atom. The molecule has 26 heavy (non-hydrogen) atoms. The molecule has 3 nitrogen and oxygen atoms in total. The first-order valence-corrected chi connectivity index (χ1v) is 10.9. The second kappa shape index (κ2) is 16.4. The number of hydrogen-bond acceptors (Lipinski definition) is 2. The number of carboxylic acid groups (broad SMARTS) is 1. The Labute approximate surface area is 162 Å². The van der Waals surface area contributed by atoms with Crippen LogP contribution in [0.3, 0.4) is 0 Å². The fraction of sp³-hybridized carbons (Fsp3) is 0.870. The molecule has 0 heterocycles. The molecule has 3 heteroatoms. The number of aliphatic carboxylic acids is 1. The van der Waals surface area contributed by atoms with Gasteiger partial charge in [-0.1, -0.05) is 84.3 Å². The van der Waals surface area contributed by atoms with E-state index < -0.39 is 5.97 Å². The number of aliphatic hydroxyl groups excluding tert-OH is 1. The van der Waals surface area contributed by atoms with Crippen molar-refractivity contribution < 1.29 is 15.0 Å². The molecule has 0 saturated heterocycles. The zero-order valence-electron chi connectivity index (χ0n) is 17.6. The van der Waals surface area contributed by atoms with Crippen LogP contribution in [0.15, 0.2) is 12.2 Å². The van der Waals surface area contributed by atoms with Gasteiger partial charge < -0.3 is 10.2 Å². The summed E-state index contributed by atoms with van der Waals surface area (Å²) in [5.74, 6) is -0.688. The van der Waals surface area contributed by atoms with Gasteiger partial charge in [-0.25, -0.2) is 0 Å². The SMILES string of the molecule is CC(C)(C)CCCCCCC[C@@H](O)C/C=C\CCCCCCCC(=O)O. The van der Waals surface area contributed by atoms with Crippen LogP contribution in [-0.4, -0.2) is 22.3 Å². The van der Waals surface area contributed by atoms with Gasteiger partial charge in [0, 0.05) is 6.42 Å². The Bertz CT molecular complexity index is 355. The number of aliphatic hydroxyl groups is 1. The Balaban J connectivity index is 3.33. The molecule has 0 bridgehead atoms. The van der Waals surface area contributed by atoms with E-state index in [0.717, 1.165) is 51.4 Å². The Kier molecular flexibility index (Phi) is 15.8. The lowest BCUT2D eigenvalue weighted by Gasteiger charge is -2.17. The predicted octanol–water partition coefficient (Wildman–Crippen LogP) is 6.89. The molecular formula is C23H44O3. The van der Waals surface area contributed by atoms with E-state index in [1.54, 1.807) is 0 Å². The molecule has 0 unspecified atom stereocenters. The average molecular weight is 369 g/mol. The fourth-order valence-electron chi connectivity index (χ4n) is 3.12. The van der Waals surface area contributed by atoms with Crippen molar-refractivity contribution in [3.8, 4) is 0 Å². The van der Waals surface area contributed by atoms with Crippen LogP contribution in [0, 0.1) is 5.41 Å². The summed E-state index contributed by atoms with van der Waals surface area (Å²) < 4.78 is 0. The van der Waals surface area contributed by atoms with Crippen molar-refractivity contribution in [3.05, 3.63) is 12.2 Å². The maximum atomic E-state index is 10.4. The normalized spacial score (nSPS) is 13.4. The van der Waals surface area contributed by atoms with Crippen LogP contribution < -0.4 is 0 Å². The summed E-state index contributed by atoms with van der Waals surface area (Å²) in [5, 5.41) is 18.6. The molecule has 0 aromatic rings. The molecule has 0 saturated carbocycles. The minimum atomic E-state index is -0.688. The highest BCUT2D eigenvalue weighted by molar-refractivity contribution is 5.66. The first-order valence-electron chi connectivity index (χ1n) is 10.9. The standard InChI is InChI=1S/C23H44O3/c1-23(2,3)20-16-12-8-10-14-18-21(24)17-13-9-6-4-5-7-11-15-19-22(25)26/h9,13,21,24H,4-8,10-12,14-20H2,1-3H3,(H,25,26)/b13-9-/t21-/m0/s1. The van der Waals surface area contributed by atoms with E-state index in [-0.39, 0.29) is 6.10 Å². The van der Waals surface area contributed by atoms with Gasteiger partial charge in [-0.15, -0.1) is 0 Å². The van der Waals surface area contributed by atoms with E-state index in [2.05, 4.69) is 32.9 Å². The third kappa shape index (κ3) is 21.2.